The number of hydrogen-bond donors (Lipinski definition) is 1. The molecule has 0 aromatic carbocycles. The van der Waals surface area contributed by atoms with Gasteiger partial charge in [0.1, 0.15) is 0 Å². The van der Waals surface area contributed by atoms with Crippen molar-refractivity contribution in [3.63, 3.8) is 0 Å². The van der Waals surface area contributed by atoms with Gasteiger partial charge in [0.2, 0.25) is 5.91 Å². The Labute approximate surface area is 139 Å². The van der Waals surface area contributed by atoms with E-state index in [0.29, 0.717) is 24.4 Å². The van der Waals surface area contributed by atoms with E-state index in [1.54, 1.807) is 11.0 Å². The van der Waals surface area contributed by atoms with Gasteiger partial charge in [0, 0.05) is 19.1 Å². The average Bonchev–Trinajstić information content (AvgIpc) is 3.16. The summed E-state index contributed by atoms with van der Waals surface area (Å²) in [6.07, 6.45) is 2.01. The number of nitrogens with one attached hydrogen (secondary N) is 1. The van der Waals surface area contributed by atoms with Crippen LogP contribution in [0.25, 0.3) is 0 Å². The van der Waals surface area contributed by atoms with Crippen LogP contribution in [0, 0.1) is 5.92 Å². The largest absolute Gasteiger partial charge is 0.352 e. The van der Waals surface area contributed by atoms with Gasteiger partial charge < -0.3 is 10.2 Å². The van der Waals surface area contributed by atoms with Crippen molar-refractivity contribution < 1.29 is 18.0 Å². The predicted octanol–water partition coefficient (Wildman–Crippen LogP) is 0.904. The first-order valence-electron chi connectivity index (χ1n) is 7.78. The predicted molar refractivity (Wildman–Crippen MR) is 88.1 cm³/mol. The molecule has 2 aliphatic rings. The molecule has 8 heteroatoms. The van der Waals surface area contributed by atoms with Crippen LogP contribution in [-0.2, 0) is 14.6 Å². The molecule has 126 valence electrons. The summed E-state index contributed by atoms with van der Waals surface area (Å²) in [6.45, 7) is 1.07. The Kier molecular flexibility index (Phi) is 4.72. The number of carbonyl (C=O) groups is 2. The van der Waals surface area contributed by atoms with Crippen molar-refractivity contribution in [3.8, 4) is 0 Å². The van der Waals surface area contributed by atoms with Gasteiger partial charge >= 0.3 is 0 Å². The zero-order valence-corrected chi connectivity index (χ0v) is 14.4. The third-order valence-electron chi connectivity index (χ3n) is 4.39. The summed E-state index contributed by atoms with van der Waals surface area (Å²) in [6, 6.07) is 3.35. The summed E-state index contributed by atoms with van der Waals surface area (Å²) >= 11 is 1.40. The Morgan fingerprint density at radius 3 is 2.78 bits per heavy atom. The second kappa shape index (κ2) is 6.60. The Hall–Kier alpha value is -1.41. The van der Waals surface area contributed by atoms with Crippen molar-refractivity contribution >= 4 is 33.0 Å². The van der Waals surface area contributed by atoms with E-state index in [9.17, 15) is 18.0 Å². The molecule has 2 aliphatic heterocycles. The molecule has 3 rings (SSSR count). The van der Waals surface area contributed by atoms with Gasteiger partial charge in [-0.3, -0.25) is 9.59 Å². The fourth-order valence-corrected chi connectivity index (χ4v) is 5.52. The Bertz CT molecular complexity index is 684. The van der Waals surface area contributed by atoms with E-state index in [0.717, 1.165) is 12.8 Å². The molecule has 1 N–H and O–H groups in total. The molecular formula is C15H20N2O4S2. The smallest absolute Gasteiger partial charge is 0.263 e. The fourth-order valence-electron chi connectivity index (χ4n) is 3.16. The first kappa shape index (κ1) is 16.4. The number of thiophene rings is 1. The summed E-state index contributed by atoms with van der Waals surface area (Å²) in [4.78, 5) is 27.2. The minimum absolute atomic E-state index is 0.0269. The molecule has 1 aromatic rings. The molecule has 2 amide bonds. The van der Waals surface area contributed by atoms with Gasteiger partial charge in [-0.2, -0.15) is 0 Å². The maximum atomic E-state index is 12.4. The molecule has 6 nitrogen and oxygen atoms in total. The fraction of sp³-hybridized carbons (Fsp3) is 0.600. The summed E-state index contributed by atoms with van der Waals surface area (Å²) in [5.41, 5.74) is 0. The van der Waals surface area contributed by atoms with Gasteiger partial charge in [-0.1, -0.05) is 6.07 Å². The number of sulfone groups is 1. The van der Waals surface area contributed by atoms with E-state index < -0.39 is 9.84 Å². The lowest BCUT2D eigenvalue weighted by Gasteiger charge is -2.32. The Morgan fingerprint density at radius 2 is 2.13 bits per heavy atom. The number of amides is 2. The third-order valence-corrected chi connectivity index (χ3v) is 7.02. The molecule has 0 saturated carbocycles. The van der Waals surface area contributed by atoms with Crippen molar-refractivity contribution in [1.29, 1.82) is 0 Å². The molecule has 0 unspecified atom stereocenters. The number of nitrogens with zero attached hydrogens (tertiary/aromatic N) is 1. The minimum Gasteiger partial charge on any atom is -0.352 e. The normalized spacial score (nSPS) is 26.9. The van der Waals surface area contributed by atoms with Gasteiger partial charge in [0.05, 0.1) is 22.3 Å². The Morgan fingerprint density at radius 1 is 1.30 bits per heavy atom. The monoisotopic (exact) mass is 356 g/mol. The second-order valence-electron chi connectivity index (χ2n) is 6.18. The highest BCUT2D eigenvalue weighted by atomic mass is 32.2. The summed E-state index contributed by atoms with van der Waals surface area (Å²) in [5.74, 6) is -0.234. The van der Waals surface area contributed by atoms with Crippen LogP contribution in [0.4, 0.5) is 0 Å². The van der Waals surface area contributed by atoms with Crippen molar-refractivity contribution in [2.24, 2.45) is 5.92 Å². The van der Waals surface area contributed by atoms with Crippen molar-refractivity contribution in [2.45, 2.75) is 25.3 Å². The van der Waals surface area contributed by atoms with E-state index in [1.807, 2.05) is 11.4 Å². The molecule has 0 radical (unpaired) electrons. The molecule has 23 heavy (non-hydrogen) atoms. The molecule has 2 atom stereocenters. The molecule has 0 aliphatic carbocycles. The summed E-state index contributed by atoms with van der Waals surface area (Å²) in [5, 5.41) is 4.71. The van der Waals surface area contributed by atoms with Crippen molar-refractivity contribution in [2.75, 3.05) is 24.6 Å². The standard InChI is InChI=1S/C15H20N2O4S2/c18-14(16-12-5-8-23(20,21)10-12)11-3-1-6-17(9-11)15(19)13-4-2-7-22-13/h2,4,7,11-12H,1,3,5-6,8-10H2,(H,16,18)/t11-,12+/m0/s1. The lowest BCUT2D eigenvalue weighted by Crippen LogP contribution is -2.47. The number of carbonyl (C=O) groups excluding carboxylic acids is 2. The molecule has 0 spiro atoms. The number of hydrogen-bond acceptors (Lipinski definition) is 5. The Balaban J connectivity index is 1.58. The van der Waals surface area contributed by atoms with Crippen LogP contribution >= 0.6 is 11.3 Å². The van der Waals surface area contributed by atoms with Crippen LogP contribution in [-0.4, -0.2) is 55.8 Å². The van der Waals surface area contributed by atoms with Gasteiger partial charge in [-0.05, 0) is 30.7 Å². The van der Waals surface area contributed by atoms with Crippen molar-refractivity contribution in [1.82, 2.24) is 10.2 Å². The molecule has 2 saturated heterocycles. The maximum Gasteiger partial charge on any atom is 0.263 e. The number of rotatable bonds is 3. The zero-order chi connectivity index (χ0) is 16.4. The van der Waals surface area contributed by atoms with Crippen LogP contribution in [0.2, 0.25) is 0 Å². The SMILES string of the molecule is O=C(N[C@@H]1CCS(=O)(=O)C1)[C@H]1CCCN(C(=O)c2cccs2)C1. The summed E-state index contributed by atoms with van der Waals surface area (Å²) in [7, 11) is -3.00. The van der Waals surface area contributed by atoms with Crippen LogP contribution in [0.5, 0.6) is 0 Å². The highest BCUT2D eigenvalue weighted by molar-refractivity contribution is 7.91. The van der Waals surface area contributed by atoms with Crippen LogP contribution < -0.4 is 5.32 Å². The lowest BCUT2D eigenvalue weighted by atomic mass is 9.96. The molecule has 3 heterocycles. The zero-order valence-electron chi connectivity index (χ0n) is 12.7. The van der Waals surface area contributed by atoms with E-state index in [-0.39, 0.29) is 35.3 Å². The van der Waals surface area contributed by atoms with Gasteiger partial charge in [-0.25, -0.2) is 8.42 Å². The van der Waals surface area contributed by atoms with Gasteiger partial charge in [0.15, 0.2) is 9.84 Å². The second-order valence-corrected chi connectivity index (χ2v) is 9.35. The van der Waals surface area contributed by atoms with E-state index in [1.165, 1.54) is 11.3 Å². The topological polar surface area (TPSA) is 83.6 Å². The van der Waals surface area contributed by atoms with E-state index in [4.69, 9.17) is 0 Å². The van der Waals surface area contributed by atoms with Crippen LogP contribution in [0.15, 0.2) is 17.5 Å². The highest BCUT2D eigenvalue weighted by Crippen LogP contribution is 2.21. The van der Waals surface area contributed by atoms with Gasteiger partial charge in [-0.15, -0.1) is 11.3 Å². The highest BCUT2D eigenvalue weighted by Gasteiger charge is 2.33. The molecular weight excluding hydrogens is 336 g/mol. The first-order chi connectivity index (χ1) is 10.9. The molecule has 0 bridgehead atoms. The molecule has 2 fully saturated rings. The van der Waals surface area contributed by atoms with Crippen LogP contribution in [0.1, 0.15) is 28.9 Å². The minimum atomic E-state index is -3.00. The maximum absolute atomic E-state index is 12.4. The number of likely N-dealkylation sites (tertiary alicyclic amines) is 1. The van der Waals surface area contributed by atoms with E-state index >= 15 is 0 Å². The quantitative estimate of drug-likeness (QED) is 0.872. The third kappa shape index (κ3) is 3.92. The number of piperidine rings is 1. The molecule has 1 aromatic heterocycles. The lowest BCUT2D eigenvalue weighted by molar-refractivity contribution is -0.126. The first-order valence-corrected chi connectivity index (χ1v) is 10.5. The van der Waals surface area contributed by atoms with E-state index in [2.05, 4.69) is 5.32 Å². The van der Waals surface area contributed by atoms with Crippen LogP contribution in [0.3, 0.4) is 0 Å². The van der Waals surface area contributed by atoms with Gasteiger partial charge in [0.25, 0.3) is 5.91 Å². The van der Waals surface area contributed by atoms with Crippen molar-refractivity contribution in [3.05, 3.63) is 22.4 Å². The average molecular weight is 356 g/mol. The summed E-state index contributed by atoms with van der Waals surface area (Å²) < 4.78 is 22.9.